The molecular weight excluding hydrogens is 306 g/mol. The van der Waals surface area contributed by atoms with E-state index in [2.05, 4.69) is 32.5 Å². The number of hydrogen-bond donors (Lipinski definition) is 0. The Labute approximate surface area is 140 Å². The normalized spacial score (nSPS) is 19.5. The highest BCUT2D eigenvalue weighted by molar-refractivity contribution is 7.07. The number of aromatic nitrogens is 4. The maximum atomic E-state index is 4.91. The summed E-state index contributed by atoms with van der Waals surface area (Å²) in [4.78, 5) is 11.8. The molecule has 3 aromatic rings. The zero-order chi connectivity index (χ0) is 15.8. The van der Waals surface area contributed by atoms with Gasteiger partial charge in [-0.1, -0.05) is 0 Å². The molecule has 1 atom stereocenters. The molecule has 5 nitrogen and oxygen atoms in total. The lowest BCUT2D eigenvalue weighted by Crippen LogP contribution is -2.34. The van der Waals surface area contributed by atoms with Gasteiger partial charge >= 0.3 is 0 Å². The van der Waals surface area contributed by atoms with Crippen molar-refractivity contribution in [2.24, 2.45) is 7.05 Å². The summed E-state index contributed by atoms with van der Waals surface area (Å²) in [7, 11) is 1.97. The fourth-order valence-corrected chi connectivity index (χ4v) is 4.08. The van der Waals surface area contributed by atoms with Crippen LogP contribution in [0.5, 0.6) is 0 Å². The molecule has 0 radical (unpaired) electrons. The van der Waals surface area contributed by atoms with Crippen molar-refractivity contribution in [2.45, 2.75) is 32.2 Å². The number of thiazole rings is 1. The van der Waals surface area contributed by atoms with E-state index in [1.165, 1.54) is 24.2 Å². The number of pyridine rings is 1. The van der Waals surface area contributed by atoms with Gasteiger partial charge in [-0.05, 0) is 38.4 Å². The Balaban J connectivity index is 1.56. The molecular formula is C17H21N5S. The summed E-state index contributed by atoms with van der Waals surface area (Å²) in [5.74, 6) is 0.502. The van der Waals surface area contributed by atoms with Crippen LogP contribution < -0.4 is 0 Å². The van der Waals surface area contributed by atoms with Crippen molar-refractivity contribution in [3.63, 3.8) is 0 Å². The van der Waals surface area contributed by atoms with Crippen LogP contribution in [0, 0.1) is 6.92 Å². The van der Waals surface area contributed by atoms with Gasteiger partial charge in [0.15, 0.2) is 5.65 Å². The number of piperidine rings is 1. The van der Waals surface area contributed by atoms with Gasteiger partial charge in [0.05, 0.1) is 16.9 Å². The molecule has 0 bridgehead atoms. The van der Waals surface area contributed by atoms with Crippen molar-refractivity contribution in [2.75, 3.05) is 13.1 Å². The molecule has 0 spiro atoms. The molecule has 0 amide bonds. The predicted molar refractivity (Wildman–Crippen MR) is 92.6 cm³/mol. The average molecular weight is 327 g/mol. The number of aryl methyl sites for hydroxylation is 2. The Morgan fingerprint density at radius 1 is 1.35 bits per heavy atom. The van der Waals surface area contributed by atoms with E-state index >= 15 is 0 Å². The van der Waals surface area contributed by atoms with Crippen LogP contribution in [-0.4, -0.2) is 37.7 Å². The molecule has 3 aromatic heterocycles. The van der Waals surface area contributed by atoms with Gasteiger partial charge in [0.1, 0.15) is 0 Å². The standard InChI is InChI=1S/C17H21N5S/c1-12-15-5-6-16(19-17(15)21(2)20-12)13-4-3-7-22(8-13)9-14-10-23-11-18-14/h5-6,10-11,13H,3-4,7-9H2,1-2H3/t13-/m1/s1. The second-order valence-electron chi connectivity index (χ2n) is 6.37. The third kappa shape index (κ3) is 2.88. The van der Waals surface area contributed by atoms with E-state index in [9.17, 15) is 0 Å². The summed E-state index contributed by atoms with van der Waals surface area (Å²) in [5, 5.41) is 7.78. The van der Waals surface area contributed by atoms with Crippen LogP contribution in [0.3, 0.4) is 0 Å². The summed E-state index contributed by atoms with van der Waals surface area (Å²) < 4.78 is 1.89. The lowest BCUT2D eigenvalue weighted by atomic mass is 9.94. The lowest BCUT2D eigenvalue weighted by molar-refractivity contribution is 0.197. The van der Waals surface area contributed by atoms with Crippen molar-refractivity contribution in [1.82, 2.24) is 24.6 Å². The smallest absolute Gasteiger partial charge is 0.158 e. The Kier molecular flexibility index (Phi) is 3.87. The molecule has 1 saturated heterocycles. The molecule has 1 aliphatic heterocycles. The fraction of sp³-hybridized carbons (Fsp3) is 0.471. The molecule has 6 heteroatoms. The van der Waals surface area contributed by atoms with E-state index in [0.717, 1.165) is 36.4 Å². The van der Waals surface area contributed by atoms with E-state index in [1.807, 2.05) is 24.2 Å². The second kappa shape index (κ2) is 6.02. The van der Waals surface area contributed by atoms with Crippen molar-refractivity contribution in [3.8, 4) is 0 Å². The quantitative estimate of drug-likeness (QED) is 0.741. The van der Waals surface area contributed by atoms with Crippen molar-refractivity contribution in [1.29, 1.82) is 0 Å². The number of nitrogens with zero attached hydrogens (tertiary/aromatic N) is 5. The minimum Gasteiger partial charge on any atom is -0.297 e. The Bertz CT molecular complexity index is 808. The molecule has 23 heavy (non-hydrogen) atoms. The van der Waals surface area contributed by atoms with Gasteiger partial charge < -0.3 is 0 Å². The van der Waals surface area contributed by atoms with Gasteiger partial charge in [0.2, 0.25) is 0 Å². The SMILES string of the molecule is Cc1nn(C)c2nc([C@@H]3CCCN(Cc4cscn4)C3)ccc12. The molecule has 1 aliphatic rings. The van der Waals surface area contributed by atoms with Gasteiger partial charge in [0.25, 0.3) is 0 Å². The highest BCUT2D eigenvalue weighted by Gasteiger charge is 2.23. The number of fused-ring (bicyclic) bond motifs is 1. The third-order valence-electron chi connectivity index (χ3n) is 4.69. The highest BCUT2D eigenvalue weighted by atomic mass is 32.1. The van der Waals surface area contributed by atoms with E-state index in [1.54, 1.807) is 11.3 Å². The molecule has 4 rings (SSSR count). The van der Waals surface area contributed by atoms with Gasteiger partial charge in [-0.15, -0.1) is 11.3 Å². The van der Waals surface area contributed by atoms with Crippen molar-refractivity contribution < 1.29 is 0 Å². The third-order valence-corrected chi connectivity index (χ3v) is 5.32. The summed E-state index contributed by atoms with van der Waals surface area (Å²) in [5.41, 5.74) is 6.34. The van der Waals surface area contributed by atoms with E-state index < -0.39 is 0 Å². The highest BCUT2D eigenvalue weighted by Crippen LogP contribution is 2.28. The molecule has 0 aromatic carbocycles. The largest absolute Gasteiger partial charge is 0.297 e. The Hall–Kier alpha value is -1.79. The molecule has 0 N–H and O–H groups in total. The summed E-state index contributed by atoms with van der Waals surface area (Å²) in [6, 6.07) is 4.37. The first-order valence-corrected chi connectivity index (χ1v) is 9.04. The maximum absolute atomic E-state index is 4.91. The first kappa shape index (κ1) is 14.8. The van der Waals surface area contributed by atoms with Crippen molar-refractivity contribution >= 4 is 22.4 Å². The van der Waals surface area contributed by atoms with E-state index in [-0.39, 0.29) is 0 Å². The van der Waals surface area contributed by atoms with Crippen LogP contribution in [0.15, 0.2) is 23.0 Å². The van der Waals surface area contributed by atoms with E-state index in [4.69, 9.17) is 4.98 Å². The van der Waals surface area contributed by atoms with Crippen LogP contribution in [0.4, 0.5) is 0 Å². The van der Waals surface area contributed by atoms with Gasteiger partial charge in [-0.25, -0.2) is 9.97 Å². The molecule has 0 unspecified atom stereocenters. The Morgan fingerprint density at radius 3 is 3.09 bits per heavy atom. The molecule has 4 heterocycles. The van der Waals surface area contributed by atoms with Crippen LogP contribution in [-0.2, 0) is 13.6 Å². The monoisotopic (exact) mass is 327 g/mol. The fourth-order valence-electron chi connectivity index (χ4n) is 3.53. The van der Waals surface area contributed by atoms with Crippen LogP contribution >= 0.6 is 11.3 Å². The second-order valence-corrected chi connectivity index (χ2v) is 7.09. The number of rotatable bonds is 3. The topological polar surface area (TPSA) is 46.8 Å². The zero-order valence-corrected chi connectivity index (χ0v) is 14.4. The van der Waals surface area contributed by atoms with Crippen LogP contribution in [0.1, 0.15) is 35.8 Å². The number of hydrogen-bond acceptors (Lipinski definition) is 5. The number of likely N-dealkylation sites (tertiary alicyclic amines) is 1. The van der Waals surface area contributed by atoms with Crippen LogP contribution in [0.25, 0.3) is 11.0 Å². The first-order valence-electron chi connectivity index (χ1n) is 8.10. The van der Waals surface area contributed by atoms with E-state index in [0.29, 0.717) is 5.92 Å². The molecule has 120 valence electrons. The molecule has 0 aliphatic carbocycles. The first-order chi connectivity index (χ1) is 11.2. The van der Waals surface area contributed by atoms with Gasteiger partial charge in [0, 0.05) is 42.5 Å². The van der Waals surface area contributed by atoms with Crippen molar-refractivity contribution in [3.05, 3.63) is 40.1 Å². The zero-order valence-electron chi connectivity index (χ0n) is 13.6. The van der Waals surface area contributed by atoms with Gasteiger partial charge in [-0.3, -0.25) is 9.58 Å². The van der Waals surface area contributed by atoms with Crippen LogP contribution in [0.2, 0.25) is 0 Å². The average Bonchev–Trinajstić information content (AvgIpc) is 3.16. The maximum Gasteiger partial charge on any atom is 0.158 e. The summed E-state index contributed by atoms with van der Waals surface area (Å²) in [6.45, 7) is 5.21. The molecule has 0 saturated carbocycles. The lowest BCUT2D eigenvalue weighted by Gasteiger charge is -2.32. The Morgan fingerprint density at radius 2 is 2.26 bits per heavy atom. The minimum absolute atomic E-state index is 0.502. The van der Waals surface area contributed by atoms with Gasteiger partial charge in [-0.2, -0.15) is 5.10 Å². The molecule has 1 fully saturated rings. The summed E-state index contributed by atoms with van der Waals surface area (Å²) in [6.07, 6.45) is 2.43. The predicted octanol–water partition coefficient (Wildman–Crippen LogP) is 3.11. The summed E-state index contributed by atoms with van der Waals surface area (Å²) >= 11 is 1.67. The minimum atomic E-state index is 0.502.